The van der Waals surface area contributed by atoms with Crippen LogP contribution >= 0.6 is 0 Å². The van der Waals surface area contributed by atoms with Crippen LogP contribution in [0.25, 0.3) is 11.3 Å². The van der Waals surface area contributed by atoms with Crippen LogP contribution in [0.3, 0.4) is 0 Å². The molecule has 3 aromatic rings. The first kappa shape index (κ1) is 17.1. The molecule has 0 fully saturated rings. The number of nitrogens with zero attached hydrogens (tertiary/aromatic N) is 2. The van der Waals surface area contributed by atoms with Crippen LogP contribution in [0.15, 0.2) is 54.6 Å². The van der Waals surface area contributed by atoms with E-state index in [4.69, 9.17) is 9.47 Å². The fraction of sp³-hybridized carbons (Fsp3) is 0.238. The first-order valence-electron chi connectivity index (χ1n) is 9.04. The van der Waals surface area contributed by atoms with Gasteiger partial charge < -0.3 is 14.8 Å². The van der Waals surface area contributed by atoms with E-state index in [0.717, 1.165) is 23.4 Å². The lowest BCUT2D eigenvalue weighted by Gasteiger charge is -2.05. The van der Waals surface area contributed by atoms with Crippen molar-refractivity contribution in [2.24, 2.45) is 0 Å². The topological polar surface area (TPSA) is 65.4 Å². The summed E-state index contributed by atoms with van der Waals surface area (Å²) in [5.41, 5.74) is 3.43. The highest BCUT2D eigenvalue weighted by Crippen LogP contribution is 2.36. The largest absolute Gasteiger partial charge is 0.454 e. The molecule has 6 heteroatoms. The number of benzene rings is 2. The van der Waals surface area contributed by atoms with Crippen molar-refractivity contribution in [1.82, 2.24) is 15.1 Å². The van der Waals surface area contributed by atoms with Gasteiger partial charge in [0.25, 0.3) is 5.91 Å². The zero-order valence-electron chi connectivity index (χ0n) is 15.1. The number of fused-ring (bicyclic) bond motifs is 1. The van der Waals surface area contributed by atoms with Gasteiger partial charge in [0, 0.05) is 18.7 Å². The van der Waals surface area contributed by atoms with Crippen LogP contribution in [0.2, 0.25) is 0 Å². The number of ether oxygens (including phenoxy) is 2. The highest BCUT2D eigenvalue weighted by Gasteiger charge is 2.18. The lowest BCUT2D eigenvalue weighted by Crippen LogP contribution is -2.26. The summed E-state index contributed by atoms with van der Waals surface area (Å²) in [5, 5.41) is 7.40. The zero-order valence-corrected chi connectivity index (χ0v) is 15.1. The van der Waals surface area contributed by atoms with Crippen molar-refractivity contribution in [2.75, 3.05) is 13.3 Å². The Morgan fingerprint density at radius 2 is 1.93 bits per heavy atom. The average Bonchev–Trinajstić information content (AvgIpc) is 3.35. The lowest BCUT2D eigenvalue weighted by molar-refractivity contribution is 0.0948. The SMILES string of the molecule is CCn1nc(C(=O)NCCc2ccccc2)cc1-c1ccc2c(c1)OCO2. The Bertz CT molecular complexity index is 951. The fourth-order valence-corrected chi connectivity index (χ4v) is 3.11. The van der Waals surface area contributed by atoms with Crippen LogP contribution < -0.4 is 14.8 Å². The second kappa shape index (κ2) is 7.53. The normalized spacial score (nSPS) is 12.2. The molecule has 1 amide bonds. The minimum atomic E-state index is -0.167. The molecule has 0 aliphatic carbocycles. The van der Waals surface area contributed by atoms with E-state index >= 15 is 0 Å². The predicted molar refractivity (Wildman–Crippen MR) is 102 cm³/mol. The van der Waals surface area contributed by atoms with Crippen molar-refractivity contribution in [1.29, 1.82) is 0 Å². The van der Waals surface area contributed by atoms with Gasteiger partial charge in [-0.2, -0.15) is 5.10 Å². The summed E-state index contributed by atoms with van der Waals surface area (Å²) in [6, 6.07) is 17.7. The van der Waals surface area contributed by atoms with E-state index in [1.165, 1.54) is 5.56 Å². The van der Waals surface area contributed by atoms with Crippen LogP contribution in [-0.4, -0.2) is 29.0 Å². The molecule has 1 aliphatic rings. The summed E-state index contributed by atoms with van der Waals surface area (Å²) in [5.74, 6) is 1.28. The molecule has 27 heavy (non-hydrogen) atoms. The Morgan fingerprint density at radius 1 is 1.11 bits per heavy atom. The maximum Gasteiger partial charge on any atom is 0.271 e. The smallest absolute Gasteiger partial charge is 0.271 e. The molecule has 1 aromatic heterocycles. The Labute approximate surface area is 157 Å². The molecule has 6 nitrogen and oxygen atoms in total. The van der Waals surface area contributed by atoms with Crippen LogP contribution in [0.1, 0.15) is 23.0 Å². The van der Waals surface area contributed by atoms with Gasteiger partial charge in [0.15, 0.2) is 17.2 Å². The quantitative estimate of drug-likeness (QED) is 0.730. The van der Waals surface area contributed by atoms with E-state index in [1.807, 2.05) is 54.1 Å². The maximum absolute atomic E-state index is 12.5. The number of rotatable bonds is 6. The van der Waals surface area contributed by atoms with Crippen molar-refractivity contribution in [2.45, 2.75) is 19.9 Å². The highest BCUT2D eigenvalue weighted by atomic mass is 16.7. The second-order valence-electron chi connectivity index (χ2n) is 6.29. The summed E-state index contributed by atoms with van der Waals surface area (Å²) in [6.07, 6.45) is 0.788. The summed E-state index contributed by atoms with van der Waals surface area (Å²) in [4.78, 5) is 12.5. The van der Waals surface area contributed by atoms with Crippen LogP contribution in [0, 0.1) is 0 Å². The first-order chi connectivity index (χ1) is 13.2. The zero-order chi connectivity index (χ0) is 18.6. The van der Waals surface area contributed by atoms with Gasteiger partial charge in [-0.1, -0.05) is 30.3 Å². The molecule has 0 atom stereocenters. The van der Waals surface area contributed by atoms with Gasteiger partial charge in [0.1, 0.15) is 0 Å². The van der Waals surface area contributed by atoms with Gasteiger partial charge in [0.05, 0.1) is 5.69 Å². The van der Waals surface area contributed by atoms with Crippen LogP contribution in [0.4, 0.5) is 0 Å². The molecule has 1 aliphatic heterocycles. The Hall–Kier alpha value is -3.28. The Kier molecular flexibility index (Phi) is 4.78. The average molecular weight is 363 g/mol. The Balaban J connectivity index is 1.48. The van der Waals surface area contributed by atoms with Gasteiger partial charge >= 0.3 is 0 Å². The van der Waals surface area contributed by atoms with Crippen molar-refractivity contribution < 1.29 is 14.3 Å². The number of amides is 1. The highest BCUT2D eigenvalue weighted by molar-refractivity contribution is 5.93. The second-order valence-corrected chi connectivity index (χ2v) is 6.29. The maximum atomic E-state index is 12.5. The van der Waals surface area contributed by atoms with Gasteiger partial charge in [0.2, 0.25) is 6.79 Å². The van der Waals surface area contributed by atoms with Gasteiger partial charge in [-0.05, 0) is 43.2 Å². The van der Waals surface area contributed by atoms with Crippen molar-refractivity contribution >= 4 is 5.91 Å². The molecule has 0 saturated carbocycles. The lowest BCUT2D eigenvalue weighted by atomic mass is 10.1. The molecule has 0 spiro atoms. The Morgan fingerprint density at radius 3 is 2.74 bits per heavy atom. The van der Waals surface area contributed by atoms with E-state index < -0.39 is 0 Å². The molecular weight excluding hydrogens is 342 g/mol. The molecule has 1 N–H and O–H groups in total. The molecule has 0 radical (unpaired) electrons. The number of carbonyl (C=O) groups excluding carboxylic acids is 1. The first-order valence-corrected chi connectivity index (χ1v) is 9.04. The summed E-state index contributed by atoms with van der Waals surface area (Å²) in [6.45, 7) is 3.48. The van der Waals surface area contributed by atoms with E-state index in [2.05, 4.69) is 22.5 Å². The number of carbonyl (C=O) groups is 1. The van der Waals surface area contributed by atoms with E-state index in [-0.39, 0.29) is 12.7 Å². The minimum absolute atomic E-state index is 0.167. The molecule has 2 aromatic carbocycles. The van der Waals surface area contributed by atoms with Crippen molar-refractivity contribution in [3.05, 3.63) is 65.9 Å². The van der Waals surface area contributed by atoms with Crippen LogP contribution in [0.5, 0.6) is 11.5 Å². The number of nitrogens with one attached hydrogen (secondary N) is 1. The number of aromatic nitrogens is 2. The number of hydrogen-bond donors (Lipinski definition) is 1. The van der Waals surface area contributed by atoms with Crippen molar-refractivity contribution in [3.63, 3.8) is 0 Å². The third kappa shape index (κ3) is 3.65. The van der Waals surface area contributed by atoms with Crippen LogP contribution in [-0.2, 0) is 13.0 Å². The molecular formula is C21H21N3O3. The molecule has 0 saturated heterocycles. The number of hydrogen-bond acceptors (Lipinski definition) is 4. The predicted octanol–water partition coefficient (Wildman–Crippen LogP) is 3.27. The van der Waals surface area contributed by atoms with E-state index in [0.29, 0.717) is 24.5 Å². The standard InChI is InChI=1S/C21H21N3O3/c1-2-24-18(16-8-9-19-20(12-16)27-14-26-19)13-17(23-24)21(25)22-11-10-15-6-4-3-5-7-15/h3-9,12-13H,2,10-11,14H2,1H3,(H,22,25). The molecule has 0 unspecified atom stereocenters. The van der Waals surface area contributed by atoms with Crippen molar-refractivity contribution in [3.8, 4) is 22.8 Å². The van der Waals surface area contributed by atoms with E-state index in [9.17, 15) is 4.79 Å². The summed E-state index contributed by atoms with van der Waals surface area (Å²) >= 11 is 0. The van der Waals surface area contributed by atoms with Gasteiger partial charge in [-0.25, -0.2) is 0 Å². The van der Waals surface area contributed by atoms with Gasteiger partial charge in [-0.15, -0.1) is 0 Å². The summed E-state index contributed by atoms with van der Waals surface area (Å²) in [7, 11) is 0. The monoisotopic (exact) mass is 363 g/mol. The third-order valence-electron chi connectivity index (χ3n) is 4.52. The van der Waals surface area contributed by atoms with E-state index in [1.54, 1.807) is 0 Å². The molecule has 2 heterocycles. The van der Waals surface area contributed by atoms with Gasteiger partial charge in [-0.3, -0.25) is 9.48 Å². The third-order valence-corrected chi connectivity index (χ3v) is 4.52. The number of aryl methyl sites for hydroxylation is 1. The minimum Gasteiger partial charge on any atom is -0.454 e. The molecule has 0 bridgehead atoms. The fourth-order valence-electron chi connectivity index (χ4n) is 3.11. The molecule has 138 valence electrons. The molecule has 4 rings (SSSR count). The summed E-state index contributed by atoms with van der Waals surface area (Å²) < 4.78 is 12.6.